The Bertz CT molecular complexity index is 1910. The van der Waals surface area contributed by atoms with E-state index in [1.165, 1.54) is 33.8 Å². The number of rotatable bonds is 11. The predicted octanol–water partition coefficient (Wildman–Crippen LogP) is 2.29. The van der Waals surface area contributed by atoms with Gasteiger partial charge in [-0.05, 0) is 35.4 Å². The zero-order chi connectivity index (χ0) is 34.9. The first-order valence-electron chi connectivity index (χ1n) is 14.5. The zero-order valence-electron chi connectivity index (χ0n) is 26.7. The molecule has 48 heavy (non-hydrogen) atoms. The second-order valence-electron chi connectivity index (χ2n) is 11.4. The van der Waals surface area contributed by atoms with Crippen LogP contribution in [0.1, 0.15) is 22.5 Å². The Morgan fingerprint density at radius 1 is 0.750 bits per heavy atom. The van der Waals surface area contributed by atoms with Crippen molar-refractivity contribution in [3.8, 4) is 11.5 Å². The van der Waals surface area contributed by atoms with E-state index in [1.807, 2.05) is 24.3 Å². The molecule has 2 aliphatic rings. The Kier molecular flexibility index (Phi) is 9.96. The molecule has 0 aliphatic carbocycles. The number of benzene rings is 2. The number of ether oxygens (including phenoxy) is 4. The molecule has 2 fully saturated rings. The number of nitrogens with two attached hydrogens (primary N) is 1. The van der Waals surface area contributed by atoms with Crippen LogP contribution in [0.2, 0.25) is 0 Å². The Balaban J connectivity index is 0.000000250. The van der Waals surface area contributed by atoms with E-state index >= 15 is 0 Å². The quantitative estimate of drug-likeness (QED) is 0.244. The maximum Gasteiger partial charge on any atom is 0.263 e. The number of halogens is 2. The van der Waals surface area contributed by atoms with E-state index in [0.29, 0.717) is 11.5 Å². The largest absolute Gasteiger partial charge is 0.497 e. The van der Waals surface area contributed by atoms with Gasteiger partial charge in [-0.3, -0.25) is 9.36 Å². The van der Waals surface area contributed by atoms with Gasteiger partial charge in [-0.25, -0.2) is 30.8 Å². The number of nitrogens with zero attached hydrogens (tertiary/aromatic N) is 5. The lowest BCUT2D eigenvalue weighted by Crippen LogP contribution is -2.44. The molecule has 4 heterocycles. The summed E-state index contributed by atoms with van der Waals surface area (Å²) in [5.41, 5.74) is -1.48. The Morgan fingerprint density at radius 3 is 1.44 bits per heavy atom. The van der Waals surface area contributed by atoms with Gasteiger partial charge < -0.3 is 18.9 Å². The van der Waals surface area contributed by atoms with Crippen molar-refractivity contribution in [2.24, 2.45) is 19.2 Å². The molecule has 260 valence electrons. The first-order chi connectivity index (χ1) is 22.6. The van der Waals surface area contributed by atoms with Crippen molar-refractivity contribution in [2.45, 2.75) is 34.5 Å². The van der Waals surface area contributed by atoms with E-state index in [-0.39, 0.29) is 61.0 Å². The molecule has 0 unspecified atom stereocenters. The highest BCUT2D eigenvalue weighted by Gasteiger charge is 2.45. The van der Waals surface area contributed by atoms with Gasteiger partial charge in [0, 0.05) is 39.3 Å². The summed E-state index contributed by atoms with van der Waals surface area (Å²) in [7, 11) is -1.80. The highest BCUT2D eigenvalue weighted by Crippen LogP contribution is 2.36. The molecule has 2 N–H and O–H groups in total. The summed E-state index contributed by atoms with van der Waals surface area (Å²) in [6.07, 6.45) is 0. The number of hydrogen-bond donors (Lipinski definition) is 1. The number of hydrogen-bond acceptors (Lipinski definition) is 10. The molecular formula is C30H36F2N6O8S2. The molecular weight excluding hydrogens is 674 g/mol. The van der Waals surface area contributed by atoms with Gasteiger partial charge in [0.1, 0.15) is 11.5 Å². The first-order valence-corrected chi connectivity index (χ1v) is 17.5. The van der Waals surface area contributed by atoms with Gasteiger partial charge in [0.2, 0.25) is 0 Å². The van der Waals surface area contributed by atoms with Crippen LogP contribution >= 0.6 is 0 Å². The number of alkyl halides is 2. The first kappa shape index (κ1) is 35.4. The van der Waals surface area contributed by atoms with Crippen LogP contribution in [0, 0.1) is 0 Å². The summed E-state index contributed by atoms with van der Waals surface area (Å²) in [5, 5.41) is 12.1. The molecule has 4 aromatic rings. The number of methoxy groups -OCH3 is 2. The number of primary sulfonamides is 1. The van der Waals surface area contributed by atoms with Gasteiger partial charge in [0.25, 0.3) is 20.0 Å². The van der Waals surface area contributed by atoms with Crippen LogP contribution in [-0.4, -0.2) is 81.3 Å². The van der Waals surface area contributed by atoms with Crippen LogP contribution < -0.4 is 14.6 Å². The smallest absolute Gasteiger partial charge is 0.263 e. The average molecular weight is 711 g/mol. The fourth-order valence-electron chi connectivity index (χ4n) is 5.07. The van der Waals surface area contributed by atoms with Crippen LogP contribution in [0.15, 0.2) is 70.7 Å². The predicted molar refractivity (Wildman–Crippen MR) is 167 cm³/mol. The van der Waals surface area contributed by atoms with Crippen LogP contribution in [0.25, 0.3) is 0 Å². The van der Waals surface area contributed by atoms with Crippen molar-refractivity contribution in [3.05, 3.63) is 83.2 Å². The zero-order valence-corrected chi connectivity index (χ0v) is 28.3. The Hall–Kier alpha value is -3.94. The molecule has 0 saturated carbocycles. The molecule has 14 nitrogen and oxygen atoms in total. The third-order valence-corrected chi connectivity index (χ3v) is 10.3. The lowest BCUT2D eigenvalue weighted by atomic mass is 10.0. The monoisotopic (exact) mass is 710 g/mol. The summed E-state index contributed by atoms with van der Waals surface area (Å²) in [6.45, 7) is -0.198. The van der Waals surface area contributed by atoms with Crippen molar-refractivity contribution < 1.29 is 44.6 Å². The third kappa shape index (κ3) is 7.37. The highest BCUT2D eigenvalue weighted by molar-refractivity contribution is 7.89. The second kappa shape index (κ2) is 13.5. The van der Waals surface area contributed by atoms with Gasteiger partial charge >= 0.3 is 0 Å². The van der Waals surface area contributed by atoms with Crippen molar-refractivity contribution in [1.82, 2.24) is 23.9 Å². The van der Waals surface area contributed by atoms with Crippen molar-refractivity contribution in [1.29, 1.82) is 0 Å². The van der Waals surface area contributed by atoms with E-state index < -0.39 is 31.4 Å². The summed E-state index contributed by atoms with van der Waals surface area (Å²) < 4.78 is 102. The van der Waals surface area contributed by atoms with E-state index in [9.17, 15) is 25.6 Å². The molecule has 6 rings (SSSR count). The van der Waals surface area contributed by atoms with Crippen LogP contribution in [0.4, 0.5) is 8.78 Å². The molecule has 0 amide bonds. The summed E-state index contributed by atoms with van der Waals surface area (Å²) in [5.74, 6) is 1.35. The summed E-state index contributed by atoms with van der Waals surface area (Å²) >= 11 is 0. The molecule has 2 aliphatic heterocycles. The van der Waals surface area contributed by atoms with Crippen molar-refractivity contribution in [2.75, 3.05) is 40.6 Å². The van der Waals surface area contributed by atoms with Crippen molar-refractivity contribution in [3.63, 3.8) is 0 Å². The lowest BCUT2D eigenvalue weighted by Gasteiger charge is -2.33. The van der Waals surface area contributed by atoms with E-state index in [1.54, 1.807) is 38.5 Å². The fraction of sp³-hybridized carbons (Fsp3) is 0.400. The molecule has 0 bridgehead atoms. The Morgan fingerprint density at radius 2 is 1.12 bits per heavy atom. The highest BCUT2D eigenvalue weighted by atomic mass is 32.2. The topological polar surface area (TPSA) is 170 Å². The van der Waals surface area contributed by atoms with Crippen LogP contribution in [-0.2, 0) is 68.0 Å². The van der Waals surface area contributed by atoms with Gasteiger partial charge in [-0.2, -0.15) is 14.5 Å². The maximum absolute atomic E-state index is 14.9. The van der Waals surface area contributed by atoms with E-state index in [0.717, 1.165) is 17.2 Å². The normalized spacial score (nSPS) is 16.8. The van der Waals surface area contributed by atoms with Gasteiger partial charge in [-0.1, -0.05) is 24.3 Å². The average Bonchev–Trinajstić information content (AvgIpc) is 3.63. The minimum Gasteiger partial charge on any atom is -0.497 e. The molecule has 0 atom stereocenters. The van der Waals surface area contributed by atoms with Gasteiger partial charge in [0.05, 0.1) is 52.0 Å². The van der Waals surface area contributed by atoms with Crippen LogP contribution in [0.3, 0.4) is 0 Å². The lowest BCUT2D eigenvalue weighted by molar-refractivity contribution is -0.139. The number of aromatic nitrogens is 4. The molecule has 0 radical (unpaired) electrons. The van der Waals surface area contributed by atoms with E-state index in [2.05, 4.69) is 10.2 Å². The maximum atomic E-state index is 14.9. The van der Waals surface area contributed by atoms with E-state index in [4.69, 9.17) is 24.1 Å². The van der Waals surface area contributed by atoms with Gasteiger partial charge in [0.15, 0.2) is 21.4 Å². The second-order valence-corrected chi connectivity index (χ2v) is 14.8. The minimum atomic E-state index is -4.04. The summed E-state index contributed by atoms with van der Waals surface area (Å²) in [4.78, 5) is 0. The molecule has 2 aromatic carbocycles. The van der Waals surface area contributed by atoms with Crippen molar-refractivity contribution >= 4 is 20.0 Å². The SMILES string of the molecule is COc1ccc(CN(Cc2ccc(OC)cc2)S(=O)(=O)c2cc(C3(F)COC3)n(C)n2)cc1.Cn1nc(S(N)(=O)=O)cc1C1(F)COC1. The number of sulfonamides is 2. The Labute approximate surface area is 277 Å². The molecule has 18 heteroatoms. The number of aryl methyl sites for hydroxylation is 2. The summed E-state index contributed by atoms with van der Waals surface area (Å²) in [6, 6.07) is 16.8. The molecule has 2 saturated heterocycles. The third-order valence-electron chi connectivity index (χ3n) is 7.89. The fourth-order valence-corrected chi connectivity index (χ4v) is 6.97. The minimum absolute atomic E-state index is 0.0867. The molecule has 0 spiro atoms. The van der Waals surface area contributed by atoms with Gasteiger partial charge in [-0.15, -0.1) is 0 Å². The molecule has 2 aromatic heterocycles. The van der Waals surface area contributed by atoms with Crippen LogP contribution in [0.5, 0.6) is 11.5 Å². The standard InChI is InChI=1S/C23H26FN3O5S.C7H10FN3O3S/c1-26-21(23(24)15-32-16-23)12-22(25-26)33(28,29)27(13-17-4-8-19(30-2)9-5-17)14-18-6-10-20(31-3)11-7-18;1-11-5(7(8)3-14-4-7)2-6(10-11)15(9,12)13/h4-12H,13-16H2,1-3H3;2H,3-4H2,1H3,(H2,9,12,13).